The second-order valence-electron chi connectivity index (χ2n) is 4.72. The van der Waals surface area contributed by atoms with Gasteiger partial charge in [0.25, 0.3) is 5.91 Å². The van der Waals surface area contributed by atoms with Gasteiger partial charge in [-0.2, -0.15) is 0 Å². The molecule has 0 unspecified atom stereocenters. The summed E-state index contributed by atoms with van der Waals surface area (Å²) in [4.78, 5) is 25.5. The summed E-state index contributed by atoms with van der Waals surface area (Å²) in [5.41, 5.74) is 1.26. The zero-order valence-electron chi connectivity index (χ0n) is 12.6. The number of hydrogen-bond acceptors (Lipinski definition) is 5. The Bertz CT molecular complexity index is 721. The van der Waals surface area contributed by atoms with Crippen molar-refractivity contribution in [1.29, 1.82) is 0 Å². The molecule has 0 fully saturated rings. The number of para-hydroxylation sites is 1. The van der Waals surface area contributed by atoms with E-state index in [1.807, 2.05) is 19.9 Å². The highest BCUT2D eigenvalue weighted by Gasteiger charge is 2.18. The number of benzene rings is 1. The third-order valence-corrected chi connectivity index (χ3v) is 4.64. The average Bonchev–Trinajstić information content (AvgIpc) is 2.89. The van der Waals surface area contributed by atoms with Crippen LogP contribution in [0, 0.1) is 6.92 Å². The van der Waals surface area contributed by atoms with Gasteiger partial charge in [0.2, 0.25) is 0 Å². The molecule has 1 aromatic heterocycles. The molecule has 0 aliphatic rings. The van der Waals surface area contributed by atoms with Crippen molar-refractivity contribution in [3.05, 3.63) is 45.1 Å². The van der Waals surface area contributed by atoms with Crippen LogP contribution in [0.5, 0.6) is 5.75 Å². The summed E-state index contributed by atoms with van der Waals surface area (Å²) in [5, 5.41) is 12.7. The molecule has 2 rings (SSSR count). The van der Waals surface area contributed by atoms with Crippen LogP contribution in [0.4, 0.5) is 5.69 Å². The number of rotatable bonds is 4. The maximum absolute atomic E-state index is 12.3. The summed E-state index contributed by atoms with van der Waals surface area (Å²) in [6.45, 7) is 3.99. The van der Waals surface area contributed by atoms with Gasteiger partial charge in [0, 0.05) is 4.88 Å². The smallest absolute Gasteiger partial charge is 0.341 e. The van der Waals surface area contributed by atoms with E-state index in [-0.39, 0.29) is 22.9 Å². The van der Waals surface area contributed by atoms with Crippen LogP contribution in [0.3, 0.4) is 0 Å². The molecule has 0 aliphatic carbocycles. The van der Waals surface area contributed by atoms with Crippen molar-refractivity contribution in [2.24, 2.45) is 0 Å². The van der Waals surface area contributed by atoms with Gasteiger partial charge in [0.1, 0.15) is 5.56 Å². The van der Waals surface area contributed by atoms with Gasteiger partial charge in [-0.3, -0.25) is 4.79 Å². The van der Waals surface area contributed by atoms with Crippen LogP contribution >= 0.6 is 11.3 Å². The number of carbonyl (C=O) groups excluding carboxylic acids is 2. The Labute approximate surface area is 132 Å². The van der Waals surface area contributed by atoms with Gasteiger partial charge in [-0.15, -0.1) is 11.3 Å². The number of methoxy groups -OCH3 is 1. The van der Waals surface area contributed by atoms with Crippen LogP contribution in [-0.2, 0) is 11.2 Å². The first-order chi connectivity index (χ1) is 10.5. The monoisotopic (exact) mass is 319 g/mol. The van der Waals surface area contributed by atoms with Crippen molar-refractivity contribution in [3.63, 3.8) is 0 Å². The van der Waals surface area contributed by atoms with Crippen molar-refractivity contribution in [1.82, 2.24) is 0 Å². The first-order valence-electron chi connectivity index (χ1n) is 6.78. The average molecular weight is 319 g/mol. The molecule has 0 bridgehead atoms. The fraction of sp³-hybridized carbons (Fsp3) is 0.250. The predicted octanol–water partition coefficient (Wildman–Crippen LogP) is 3.36. The Kier molecular flexibility index (Phi) is 4.82. The Morgan fingerprint density at radius 1 is 1.36 bits per heavy atom. The maximum atomic E-state index is 12.3. The maximum Gasteiger partial charge on any atom is 0.341 e. The highest BCUT2D eigenvalue weighted by molar-refractivity contribution is 7.14. The molecule has 2 aromatic rings. The standard InChI is InChI=1S/C16H17NO4S/c1-4-12-9(2)8-13(22-12)15(19)17-11-7-5-6-10(14(11)18)16(20)21-3/h5-8,18H,4H2,1-3H3,(H,17,19). The number of nitrogens with one attached hydrogen (secondary N) is 1. The predicted molar refractivity (Wildman–Crippen MR) is 85.8 cm³/mol. The number of ether oxygens (including phenoxy) is 1. The third-order valence-electron chi connectivity index (χ3n) is 3.26. The molecule has 0 spiro atoms. The van der Waals surface area contributed by atoms with Crippen molar-refractivity contribution >= 4 is 28.9 Å². The molecule has 116 valence electrons. The number of aryl methyl sites for hydroxylation is 2. The van der Waals surface area contributed by atoms with Gasteiger partial charge >= 0.3 is 5.97 Å². The highest BCUT2D eigenvalue weighted by Crippen LogP contribution is 2.29. The molecule has 1 amide bonds. The molecule has 1 aromatic carbocycles. The van der Waals surface area contributed by atoms with E-state index in [1.165, 1.54) is 30.6 Å². The Morgan fingerprint density at radius 2 is 2.09 bits per heavy atom. The summed E-state index contributed by atoms with van der Waals surface area (Å²) < 4.78 is 4.59. The van der Waals surface area contributed by atoms with E-state index < -0.39 is 5.97 Å². The van der Waals surface area contributed by atoms with E-state index >= 15 is 0 Å². The lowest BCUT2D eigenvalue weighted by Crippen LogP contribution is -2.11. The molecule has 2 N–H and O–H groups in total. The molecular formula is C16H17NO4S. The lowest BCUT2D eigenvalue weighted by atomic mass is 10.1. The highest BCUT2D eigenvalue weighted by atomic mass is 32.1. The van der Waals surface area contributed by atoms with Gasteiger partial charge < -0.3 is 15.2 Å². The molecule has 0 radical (unpaired) electrons. The fourth-order valence-electron chi connectivity index (χ4n) is 2.09. The lowest BCUT2D eigenvalue weighted by molar-refractivity contribution is 0.0597. The zero-order chi connectivity index (χ0) is 16.3. The number of hydrogen-bond donors (Lipinski definition) is 2. The van der Waals surface area contributed by atoms with Crippen LogP contribution in [0.25, 0.3) is 0 Å². The number of carbonyl (C=O) groups is 2. The fourth-order valence-corrected chi connectivity index (χ4v) is 3.09. The number of anilines is 1. The zero-order valence-corrected chi connectivity index (χ0v) is 13.4. The summed E-state index contributed by atoms with van der Waals surface area (Å²) in [6, 6.07) is 6.35. The summed E-state index contributed by atoms with van der Waals surface area (Å²) in [6.07, 6.45) is 0.868. The van der Waals surface area contributed by atoms with Gasteiger partial charge in [0.15, 0.2) is 5.75 Å². The van der Waals surface area contributed by atoms with Crippen LogP contribution < -0.4 is 5.32 Å². The van der Waals surface area contributed by atoms with E-state index in [0.717, 1.165) is 16.9 Å². The van der Waals surface area contributed by atoms with Crippen molar-refractivity contribution in [3.8, 4) is 5.75 Å². The topological polar surface area (TPSA) is 75.6 Å². The quantitative estimate of drug-likeness (QED) is 0.669. The Morgan fingerprint density at radius 3 is 2.68 bits per heavy atom. The second-order valence-corrected chi connectivity index (χ2v) is 5.85. The third kappa shape index (κ3) is 3.12. The first kappa shape index (κ1) is 16.0. The molecule has 6 heteroatoms. The summed E-state index contributed by atoms with van der Waals surface area (Å²) >= 11 is 1.42. The van der Waals surface area contributed by atoms with Crippen molar-refractivity contribution < 1.29 is 19.4 Å². The minimum atomic E-state index is -0.658. The molecule has 1 heterocycles. The Balaban J connectivity index is 2.26. The van der Waals surface area contributed by atoms with Crippen LogP contribution in [0.1, 0.15) is 37.4 Å². The molecule has 0 aliphatic heterocycles. The van der Waals surface area contributed by atoms with Crippen molar-refractivity contribution in [2.75, 3.05) is 12.4 Å². The summed E-state index contributed by atoms with van der Waals surface area (Å²) in [5.74, 6) is -1.27. The molecule has 0 saturated heterocycles. The van der Waals surface area contributed by atoms with Crippen LogP contribution in [0.15, 0.2) is 24.3 Å². The van der Waals surface area contributed by atoms with E-state index in [4.69, 9.17) is 0 Å². The van der Waals surface area contributed by atoms with E-state index in [2.05, 4.69) is 10.1 Å². The largest absolute Gasteiger partial charge is 0.505 e. The first-order valence-corrected chi connectivity index (χ1v) is 7.60. The van der Waals surface area contributed by atoms with Gasteiger partial charge in [-0.1, -0.05) is 13.0 Å². The second kappa shape index (κ2) is 6.62. The minimum absolute atomic E-state index is 0.0110. The van der Waals surface area contributed by atoms with Gasteiger partial charge in [-0.25, -0.2) is 4.79 Å². The summed E-state index contributed by atoms with van der Waals surface area (Å²) in [7, 11) is 1.23. The number of phenolic OH excluding ortho intramolecular Hbond substituents is 1. The number of aromatic hydroxyl groups is 1. The number of amides is 1. The minimum Gasteiger partial charge on any atom is -0.505 e. The van der Waals surface area contributed by atoms with Crippen molar-refractivity contribution in [2.45, 2.75) is 20.3 Å². The number of phenols is 1. The normalized spacial score (nSPS) is 10.3. The van der Waals surface area contributed by atoms with Crippen LogP contribution in [0.2, 0.25) is 0 Å². The number of thiophene rings is 1. The van der Waals surface area contributed by atoms with Crippen LogP contribution in [-0.4, -0.2) is 24.1 Å². The Hall–Kier alpha value is -2.34. The lowest BCUT2D eigenvalue weighted by Gasteiger charge is -2.09. The van der Waals surface area contributed by atoms with E-state index in [0.29, 0.717) is 4.88 Å². The van der Waals surface area contributed by atoms with E-state index in [9.17, 15) is 14.7 Å². The molecule has 22 heavy (non-hydrogen) atoms. The van der Waals surface area contributed by atoms with Gasteiger partial charge in [-0.05, 0) is 37.1 Å². The SMILES string of the molecule is CCc1sc(C(=O)Nc2cccc(C(=O)OC)c2O)cc1C. The number of esters is 1. The van der Waals surface area contributed by atoms with Gasteiger partial charge in [0.05, 0.1) is 17.7 Å². The molecule has 5 nitrogen and oxygen atoms in total. The molecule has 0 saturated carbocycles. The van der Waals surface area contributed by atoms with E-state index in [1.54, 1.807) is 6.07 Å². The molecular weight excluding hydrogens is 302 g/mol. The molecule has 0 atom stereocenters.